The van der Waals surface area contributed by atoms with E-state index in [2.05, 4.69) is 71.9 Å². The maximum atomic E-state index is 6.06. The van der Waals surface area contributed by atoms with Crippen molar-refractivity contribution in [3.63, 3.8) is 0 Å². The van der Waals surface area contributed by atoms with E-state index in [-0.39, 0.29) is 50.9 Å². The van der Waals surface area contributed by atoms with Crippen LogP contribution in [-0.4, -0.2) is 23.1 Å². The van der Waals surface area contributed by atoms with Crippen molar-refractivity contribution in [2.24, 2.45) is 0 Å². The molecule has 1 nitrogen and oxygen atoms in total. The van der Waals surface area contributed by atoms with Gasteiger partial charge in [-0.25, -0.2) is 0 Å². The first-order chi connectivity index (χ1) is 10.2. The van der Waals surface area contributed by atoms with Crippen LogP contribution in [0, 0.1) is 6.07 Å². The van der Waals surface area contributed by atoms with E-state index in [1.165, 1.54) is 16.7 Å². The Hall–Kier alpha value is -0.514. The van der Waals surface area contributed by atoms with Gasteiger partial charge in [-0.05, 0) is 5.56 Å². The smallest absolute Gasteiger partial charge is 1.00 e. The van der Waals surface area contributed by atoms with E-state index >= 15 is 0 Å². The Balaban J connectivity index is 0.00000264. The molecule has 0 unspecified atom stereocenters. The van der Waals surface area contributed by atoms with E-state index < -0.39 is 0 Å². The average Bonchev–Trinajstić information content (AvgIpc) is 2.44. The fourth-order valence-corrected chi connectivity index (χ4v) is 2.32. The third kappa shape index (κ3) is 6.42. The Kier molecular flexibility index (Phi) is 9.06. The summed E-state index contributed by atoms with van der Waals surface area (Å²) in [4.78, 5) is 0. The van der Waals surface area contributed by atoms with E-state index in [1.807, 2.05) is 18.2 Å². The van der Waals surface area contributed by atoms with Crippen molar-refractivity contribution < 1.29 is 21.7 Å². The van der Waals surface area contributed by atoms with Crippen molar-refractivity contribution in [3.05, 3.63) is 65.2 Å². The van der Waals surface area contributed by atoms with Gasteiger partial charge in [0.05, 0.1) is 0 Å². The van der Waals surface area contributed by atoms with Gasteiger partial charge in [0.1, 0.15) is 6.61 Å². The Bertz CT molecular complexity index is 625. The summed E-state index contributed by atoms with van der Waals surface area (Å²) in [7, 11) is 0. The molecule has 0 heterocycles. The maximum absolute atomic E-state index is 6.06. The predicted octanol–water partition coefficient (Wildman–Crippen LogP) is 2.28. The molecule has 0 N–H and O–H groups in total. The van der Waals surface area contributed by atoms with Crippen LogP contribution in [0.15, 0.2) is 42.5 Å². The van der Waals surface area contributed by atoms with Crippen molar-refractivity contribution in [1.82, 2.24) is 0 Å². The van der Waals surface area contributed by atoms with Crippen molar-refractivity contribution >= 4 is 23.1 Å². The molecule has 0 aliphatic rings. The summed E-state index contributed by atoms with van der Waals surface area (Å²) in [5.41, 5.74) is 3.84. The first kappa shape index (κ1) is 23.5. The van der Waals surface area contributed by atoms with Crippen LogP contribution in [0.4, 0.5) is 0 Å². The van der Waals surface area contributed by atoms with Gasteiger partial charge >= 0.3 is 23.1 Å². The van der Waals surface area contributed by atoms with Crippen molar-refractivity contribution in [1.29, 1.82) is 0 Å². The normalized spacial score (nSPS) is 11.2. The number of rotatable bonds is 3. The number of hydrogen-bond donors (Lipinski definition) is 0. The average molecular weight is 400 g/mol. The zero-order valence-corrected chi connectivity index (χ0v) is 18.7. The zero-order chi connectivity index (χ0) is 16.4. The Morgan fingerprint density at radius 1 is 0.917 bits per heavy atom. The van der Waals surface area contributed by atoms with Crippen molar-refractivity contribution in [3.8, 4) is 5.75 Å². The van der Waals surface area contributed by atoms with Gasteiger partial charge in [-0.1, -0.05) is 82.7 Å². The summed E-state index contributed by atoms with van der Waals surface area (Å²) in [6, 6.07) is 18.0. The second-order valence-corrected chi connectivity index (χ2v) is 7.91. The second kappa shape index (κ2) is 9.26. The minimum Gasteiger partial charge on any atom is -1.00 e. The summed E-state index contributed by atoms with van der Waals surface area (Å²) in [5, 5.41) is 0. The Morgan fingerprint density at radius 2 is 1.50 bits per heavy atom. The topological polar surface area (TPSA) is 9.23 Å². The quantitative estimate of drug-likeness (QED) is 0.568. The molecule has 3 heteroatoms. The summed E-state index contributed by atoms with van der Waals surface area (Å²) in [6.07, 6.45) is 0. The minimum atomic E-state index is 0. The van der Waals surface area contributed by atoms with Gasteiger partial charge in [0.25, 0.3) is 0 Å². The molecule has 0 aliphatic carbocycles. The zero-order valence-electron chi connectivity index (χ0n) is 15.7. The van der Waals surface area contributed by atoms with Crippen molar-refractivity contribution in [2.45, 2.75) is 59.0 Å². The standard InChI is InChI=1S/C21H27O.BrH.Mg/c1-20(2,3)17-12-13-19(18(14-17)21(4,5)6)22-15-16-10-8-7-9-11-16;;/h7-12,14H,15H2,1-6H3;1H;/q-1;;+2/p-1. The number of ether oxygens (including phenoxy) is 1. The summed E-state index contributed by atoms with van der Waals surface area (Å²) >= 11 is 0. The van der Waals surface area contributed by atoms with Gasteiger partial charge in [0, 0.05) is 5.75 Å². The molecular formula is C21H27BrMgO. The number of benzene rings is 2. The molecule has 0 fully saturated rings. The van der Waals surface area contributed by atoms with Crippen LogP contribution < -0.4 is 21.7 Å². The van der Waals surface area contributed by atoms with Crippen LogP contribution in [0.5, 0.6) is 5.75 Å². The molecular weight excluding hydrogens is 372 g/mol. The van der Waals surface area contributed by atoms with E-state index in [0.29, 0.717) is 6.61 Å². The molecule has 2 rings (SSSR count). The van der Waals surface area contributed by atoms with Gasteiger partial charge in [-0.2, -0.15) is 17.7 Å². The SMILES string of the molecule is CC(C)(C)c1c[c-]c(OCc2ccccc2)c(C(C)(C)C)c1.[Br-].[Mg+2]. The van der Waals surface area contributed by atoms with Crippen LogP contribution in [0.3, 0.4) is 0 Å². The maximum Gasteiger partial charge on any atom is 2.00 e. The molecule has 0 bridgehead atoms. The predicted molar refractivity (Wildman–Crippen MR) is 99.2 cm³/mol. The monoisotopic (exact) mass is 398 g/mol. The first-order valence-electron chi connectivity index (χ1n) is 7.91. The third-order valence-electron chi connectivity index (χ3n) is 3.80. The largest absolute Gasteiger partial charge is 2.00 e. The number of halogens is 1. The second-order valence-electron chi connectivity index (χ2n) is 7.91. The molecule has 0 aliphatic heterocycles. The van der Waals surface area contributed by atoms with Gasteiger partial charge < -0.3 is 21.7 Å². The van der Waals surface area contributed by atoms with Crippen LogP contribution >= 0.6 is 0 Å². The molecule has 0 radical (unpaired) electrons. The summed E-state index contributed by atoms with van der Waals surface area (Å²) < 4.78 is 6.06. The molecule has 24 heavy (non-hydrogen) atoms. The first-order valence-corrected chi connectivity index (χ1v) is 7.91. The van der Waals surface area contributed by atoms with Crippen LogP contribution in [0.1, 0.15) is 58.2 Å². The van der Waals surface area contributed by atoms with Gasteiger partial charge in [0.2, 0.25) is 0 Å². The van der Waals surface area contributed by atoms with Gasteiger partial charge in [0.15, 0.2) is 0 Å². The molecule has 0 saturated carbocycles. The van der Waals surface area contributed by atoms with Crippen LogP contribution in [-0.2, 0) is 17.4 Å². The van der Waals surface area contributed by atoms with Gasteiger partial charge in [-0.3, -0.25) is 0 Å². The fourth-order valence-electron chi connectivity index (χ4n) is 2.32. The molecule has 2 aromatic rings. The van der Waals surface area contributed by atoms with E-state index in [0.717, 1.165) is 5.75 Å². The van der Waals surface area contributed by atoms with Crippen molar-refractivity contribution in [2.75, 3.05) is 0 Å². The molecule has 0 atom stereocenters. The van der Waals surface area contributed by atoms with Crippen LogP contribution in [0.2, 0.25) is 0 Å². The van der Waals surface area contributed by atoms with E-state index in [1.54, 1.807) is 0 Å². The Labute approximate surface area is 174 Å². The fraction of sp³-hybridized carbons (Fsp3) is 0.429. The third-order valence-corrected chi connectivity index (χ3v) is 3.80. The van der Waals surface area contributed by atoms with Crippen LogP contribution in [0.25, 0.3) is 0 Å². The van der Waals surface area contributed by atoms with E-state index in [4.69, 9.17) is 4.74 Å². The molecule has 0 spiro atoms. The molecule has 0 amide bonds. The molecule has 126 valence electrons. The van der Waals surface area contributed by atoms with E-state index in [9.17, 15) is 0 Å². The van der Waals surface area contributed by atoms with Gasteiger partial charge in [-0.15, -0.1) is 11.6 Å². The summed E-state index contributed by atoms with van der Waals surface area (Å²) in [6.45, 7) is 13.9. The molecule has 0 saturated heterocycles. The number of hydrogen-bond acceptors (Lipinski definition) is 1. The molecule has 0 aromatic heterocycles. The summed E-state index contributed by atoms with van der Waals surface area (Å²) in [5.74, 6) is 0.865. The minimum absolute atomic E-state index is 0. The molecule has 2 aromatic carbocycles. The Morgan fingerprint density at radius 3 is 2.00 bits per heavy atom.